The summed E-state index contributed by atoms with van der Waals surface area (Å²) >= 11 is 0. The van der Waals surface area contributed by atoms with Crippen molar-refractivity contribution in [1.29, 1.82) is 0 Å². The lowest BCUT2D eigenvalue weighted by atomic mass is 9.87. The molecule has 40 heavy (non-hydrogen) atoms. The predicted molar refractivity (Wildman–Crippen MR) is 157 cm³/mol. The first-order valence-electron chi connectivity index (χ1n) is 14.6. The summed E-state index contributed by atoms with van der Waals surface area (Å²) in [7, 11) is 0. The van der Waals surface area contributed by atoms with E-state index in [2.05, 4.69) is 46.2 Å². The fourth-order valence-electron chi connectivity index (χ4n) is 6.47. The predicted octanol–water partition coefficient (Wildman–Crippen LogP) is 3.66. The number of carbonyl (C=O) groups is 1. The van der Waals surface area contributed by atoms with Crippen LogP contribution in [0.5, 0.6) is 0 Å². The molecule has 3 fully saturated rings. The number of fused-ring (bicyclic) bond motifs is 1. The largest absolute Gasteiger partial charge is 0.369 e. The first kappa shape index (κ1) is 26.4. The van der Waals surface area contributed by atoms with Gasteiger partial charge in [0.2, 0.25) is 11.9 Å². The lowest BCUT2D eigenvalue weighted by molar-refractivity contribution is -0.125. The number of nitrogens with zero attached hydrogens (tertiary/aromatic N) is 6. The van der Waals surface area contributed by atoms with Crippen LogP contribution in [-0.4, -0.2) is 69.6 Å². The van der Waals surface area contributed by atoms with E-state index in [-0.39, 0.29) is 23.4 Å². The van der Waals surface area contributed by atoms with Gasteiger partial charge < -0.3 is 20.4 Å². The van der Waals surface area contributed by atoms with Gasteiger partial charge in [0.05, 0.1) is 12.2 Å². The SMILES string of the molecule is C=CC(=O)N1CC[C@H](n2c(=O)c(C3CCCCC3)nc3cnc(Nc4ccc(N5CCNCC5)c(C)c4)nc32)C1. The smallest absolute Gasteiger partial charge is 0.274 e. The quantitative estimate of drug-likeness (QED) is 0.455. The molecule has 0 radical (unpaired) electrons. The molecule has 210 valence electrons. The van der Waals surface area contributed by atoms with Crippen LogP contribution in [0.2, 0.25) is 0 Å². The third kappa shape index (κ3) is 5.20. The molecular weight excluding hydrogens is 504 g/mol. The number of amides is 1. The van der Waals surface area contributed by atoms with Crippen molar-refractivity contribution in [1.82, 2.24) is 29.7 Å². The maximum Gasteiger partial charge on any atom is 0.274 e. The molecule has 2 aliphatic heterocycles. The molecule has 4 heterocycles. The average Bonchev–Trinajstić information content (AvgIpc) is 3.47. The van der Waals surface area contributed by atoms with E-state index in [4.69, 9.17) is 9.97 Å². The number of aromatic nitrogens is 4. The first-order valence-corrected chi connectivity index (χ1v) is 14.6. The Labute approximate surface area is 234 Å². The molecular formula is C30H38N8O2. The van der Waals surface area contributed by atoms with Gasteiger partial charge in [-0.3, -0.25) is 14.2 Å². The van der Waals surface area contributed by atoms with Crippen LogP contribution < -0.4 is 21.1 Å². The van der Waals surface area contributed by atoms with Crippen molar-refractivity contribution in [3.8, 4) is 0 Å². The zero-order valence-corrected chi connectivity index (χ0v) is 23.2. The van der Waals surface area contributed by atoms with E-state index in [0.717, 1.165) is 57.5 Å². The van der Waals surface area contributed by atoms with Crippen molar-refractivity contribution in [3.05, 3.63) is 58.7 Å². The standard InChI is InChI=1S/C30H38N8O2/c1-3-26(39)37-14-11-23(19-37)38-28-24(34-27(29(38)40)21-7-5-4-6-8-21)18-32-30(35-28)33-22-9-10-25(20(2)17-22)36-15-12-31-13-16-36/h3,9-10,17-18,21,23,31H,1,4-8,11-16,19H2,2H3,(H,32,33,35)/t23-/m0/s1. The Hall–Kier alpha value is -3.79. The number of likely N-dealkylation sites (tertiary alicyclic amines) is 1. The van der Waals surface area contributed by atoms with Gasteiger partial charge in [-0.25, -0.2) is 9.97 Å². The Balaban J connectivity index is 1.35. The number of carbonyl (C=O) groups excluding carboxylic acids is 1. The van der Waals surface area contributed by atoms with E-state index in [9.17, 15) is 9.59 Å². The number of anilines is 3. The fraction of sp³-hybridized carbons (Fsp3) is 0.500. The van der Waals surface area contributed by atoms with Crippen molar-refractivity contribution in [3.63, 3.8) is 0 Å². The second kappa shape index (κ2) is 11.4. The Morgan fingerprint density at radius 2 is 1.90 bits per heavy atom. The highest BCUT2D eigenvalue weighted by atomic mass is 16.2. The second-order valence-corrected chi connectivity index (χ2v) is 11.2. The summed E-state index contributed by atoms with van der Waals surface area (Å²) in [6, 6.07) is 6.12. The maximum absolute atomic E-state index is 14.0. The van der Waals surface area contributed by atoms with Gasteiger partial charge in [-0.05, 0) is 56.0 Å². The molecule has 10 nitrogen and oxygen atoms in total. The van der Waals surface area contributed by atoms with E-state index in [1.165, 1.54) is 23.7 Å². The minimum absolute atomic E-state index is 0.0850. The summed E-state index contributed by atoms with van der Waals surface area (Å²) in [5.74, 6) is 0.455. The average molecular weight is 543 g/mol. The molecule has 1 atom stereocenters. The molecule has 0 bridgehead atoms. The van der Waals surface area contributed by atoms with E-state index < -0.39 is 0 Å². The first-order chi connectivity index (χ1) is 19.5. The van der Waals surface area contributed by atoms with Crippen molar-refractivity contribution in [2.45, 2.75) is 57.4 Å². The Morgan fingerprint density at radius 1 is 1.10 bits per heavy atom. The summed E-state index contributed by atoms with van der Waals surface area (Å²) in [4.78, 5) is 44.7. The highest BCUT2D eigenvalue weighted by Crippen LogP contribution is 2.32. The van der Waals surface area contributed by atoms with Crippen molar-refractivity contribution in [2.75, 3.05) is 49.5 Å². The monoisotopic (exact) mass is 542 g/mol. The van der Waals surface area contributed by atoms with Crippen molar-refractivity contribution in [2.24, 2.45) is 0 Å². The van der Waals surface area contributed by atoms with Gasteiger partial charge in [0, 0.05) is 56.6 Å². The minimum atomic E-state index is -0.174. The molecule has 1 saturated carbocycles. The molecule has 1 aliphatic carbocycles. The molecule has 2 N–H and O–H groups in total. The summed E-state index contributed by atoms with van der Waals surface area (Å²) in [6.45, 7) is 10.7. The van der Waals surface area contributed by atoms with Gasteiger partial charge in [-0.15, -0.1) is 0 Å². The van der Waals surface area contributed by atoms with E-state index >= 15 is 0 Å². The van der Waals surface area contributed by atoms with Crippen LogP contribution in [0, 0.1) is 6.92 Å². The zero-order chi connectivity index (χ0) is 27.6. The number of piperazine rings is 1. The van der Waals surface area contributed by atoms with Crippen LogP contribution in [-0.2, 0) is 4.79 Å². The van der Waals surface area contributed by atoms with Crippen LogP contribution in [0.1, 0.15) is 61.7 Å². The third-order valence-electron chi connectivity index (χ3n) is 8.57. The van der Waals surface area contributed by atoms with Gasteiger partial charge in [-0.1, -0.05) is 25.8 Å². The fourth-order valence-corrected chi connectivity index (χ4v) is 6.47. The van der Waals surface area contributed by atoms with Crippen LogP contribution in [0.4, 0.5) is 17.3 Å². The molecule has 10 heteroatoms. The van der Waals surface area contributed by atoms with Gasteiger partial charge in [0.15, 0.2) is 5.65 Å². The molecule has 6 rings (SSSR count). The van der Waals surface area contributed by atoms with Crippen LogP contribution in [0.25, 0.3) is 11.2 Å². The summed E-state index contributed by atoms with van der Waals surface area (Å²) in [5.41, 5.74) is 4.96. The lowest BCUT2D eigenvalue weighted by Crippen LogP contribution is -2.43. The Bertz CT molecular complexity index is 1470. The summed E-state index contributed by atoms with van der Waals surface area (Å²) < 4.78 is 1.79. The maximum atomic E-state index is 14.0. The second-order valence-electron chi connectivity index (χ2n) is 11.2. The van der Waals surface area contributed by atoms with Crippen LogP contribution >= 0.6 is 0 Å². The van der Waals surface area contributed by atoms with E-state index in [1.807, 2.05) is 6.07 Å². The van der Waals surface area contributed by atoms with E-state index in [0.29, 0.717) is 42.3 Å². The lowest BCUT2D eigenvalue weighted by Gasteiger charge is -2.30. The molecule has 2 saturated heterocycles. The molecule has 2 aromatic heterocycles. The topological polar surface area (TPSA) is 108 Å². The van der Waals surface area contributed by atoms with Crippen molar-refractivity contribution >= 4 is 34.4 Å². The number of aryl methyl sites for hydroxylation is 1. The number of nitrogens with one attached hydrogen (secondary N) is 2. The number of benzene rings is 1. The zero-order valence-electron chi connectivity index (χ0n) is 23.2. The number of hydrogen-bond acceptors (Lipinski definition) is 8. The minimum Gasteiger partial charge on any atom is -0.369 e. The molecule has 3 aliphatic rings. The molecule has 1 amide bonds. The number of rotatable bonds is 6. The van der Waals surface area contributed by atoms with Crippen LogP contribution in [0.3, 0.4) is 0 Å². The van der Waals surface area contributed by atoms with Gasteiger partial charge in [0.1, 0.15) is 11.2 Å². The molecule has 0 spiro atoms. The van der Waals surface area contributed by atoms with Gasteiger partial charge >= 0.3 is 0 Å². The summed E-state index contributed by atoms with van der Waals surface area (Å²) in [6.07, 6.45) is 9.11. The molecule has 3 aromatic rings. The van der Waals surface area contributed by atoms with Gasteiger partial charge in [0.25, 0.3) is 5.56 Å². The van der Waals surface area contributed by atoms with Gasteiger partial charge in [-0.2, -0.15) is 4.98 Å². The Morgan fingerprint density at radius 3 is 2.65 bits per heavy atom. The highest BCUT2D eigenvalue weighted by molar-refractivity contribution is 5.87. The van der Waals surface area contributed by atoms with Crippen molar-refractivity contribution < 1.29 is 4.79 Å². The van der Waals surface area contributed by atoms with E-state index in [1.54, 1.807) is 15.7 Å². The van der Waals surface area contributed by atoms with Crippen LogP contribution in [0.15, 0.2) is 41.8 Å². The summed E-state index contributed by atoms with van der Waals surface area (Å²) in [5, 5.41) is 6.74. The normalized spacial score (nSPS) is 20.2. The Kier molecular flexibility index (Phi) is 7.51. The number of hydrogen-bond donors (Lipinski definition) is 2. The third-order valence-corrected chi connectivity index (χ3v) is 8.57. The highest BCUT2D eigenvalue weighted by Gasteiger charge is 2.31. The molecule has 1 aromatic carbocycles. The molecule has 0 unspecified atom stereocenters.